The molecule has 0 aliphatic carbocycles. The number of halogens is 3. The molecule has 11 heteroatoms. The Kier molecular flexibility index (Phi) is 6.97. The zero-order valence-electron chi connectivity index (χ0n) is 17.6. The fraction of sp³-hybridized carbons (Fsp3) is 0.429. The molecule has 0 aromatic carbocycles. The van der Waals surface area contributed by atoms with Crippen LogP contribution in [0.3, 0.4) is 0 Å². The number of aryl methyl sites for hydroxylation is 1. The molecular weight excluding hydrogens is 429 g/mol. The van der Waals surface area contributed by atoms with Crippen LogP contribution in [-0.4, -0.2) is 57.2 Å². The third-order valence-corrected chi connectivity index (χ3v) is 4.88. The summed E-state index contributed by atoms with van der Waals surface area (Å²) in [5, 5.41) is 11.7. The number of amides is 2. The number of aromatic nitrogens is 2. The van der Waals surface area contributed by atoms with E-state index in [1.54, 1.807) is 26.0 Å². The van der Waals surface area contributed by atoms with E-state index < -0.39 is 18.8 Å². The highest BCUT2D eigenvalue weighted by Crippen LogP contribution is 2.27. The maximum Gasteiger partial charge on any atom is 0.422 e. The highest BCUT2D eigenvalue weighted by Gasteiger charge is 2.31. The van der Waals surface area contributed by atoms with Crippen LogP contribution in [0, 0.1) is 6.92 Å². The number of nitrogens with zero attached hydrogens (tertiary/aromatic N) is 3. The van der Waals surface area contributed by atoms with E-state index in [1.165, 1.54) is 17.3 Å². The number of carbonyl (C=O) groups excluding carboxylic acids is 2. The van der Waals surface area contributed by atoms with Crippen LogP contribution in [0.25, 0.3) is 0 Å². The van der Waals surface area contributed by atoms with Crippen LogP contribution < -0.4 is 10.1 Å². The number of aliphatic hydroxyl groups is 1. The maximum atomic E-state index is 12.8. The summed E-state index contributed by atoms with van der Waals surface area (Å²) in [6, 6.07) is 2.77. The van der Waals surface area contributed by atoms with E-state index >= 15 is 0 Å². The second kappa shape index (κ2) is 9.51. The second-order valence-electron chi connectivity index (χ2n) is 7.62. The highest BCUT2D eigenvalue weighted by molar-refractivity contribution is 5.98. The van der Waals surface area contributed by atoms with Crippen LogP contribution >= 0.6 is 0 Å². The molecule has 2 amide bonds. The lowest BCUT2D eigenvalue weighted by Gasteiger charge is -2.17. The van der Waals surface area contributed by atoms with E-state index in [-0.39, 0.29) is 43.7 Å². The minimum absolute atomic E-state index is 0.0247. The van der Waals surface area contributed by atoms with Gasteiger partial charge in [-0.3, -0.25) is 19.6 Å². The molecule has 172 valence electrons. The van der Waals surface area contributed by atoms with Crippen molar-refractivity contribution >= 4 is 11.8 Å². The first-order valence-corrected chi connectivity index (χ1v) is 9.88. The molecule has 0 spiro atoms. The van der Waals surface area contributed by atoms with Crippen LogP contribution in [-0.2, 0) is 24.3 Å². The van der Waals surface area contributed by atoms with Crippen molar-refractivity contribution in [1.82, 2.24) is 20.2 Å². The van der Waals surface area contributed by atoms with Crippen LogP contribution in [0.1, 0.15) is 39.8 Å². The summed E-state index contributed by atoms with van der Waals surface area (Å²) in [5.41, 5.74) is 2.53. The molecule has 0 fully saturated rings. The summed E-state index contributed by atoms with van der Waals surface area (Å²) in [6.45, 7) is 2.04. The summed E-state index contributed by atoms with van der Waals surface area (Å²) in [4.78, 5) is 34.9. The van der Waals surface area contributed by atoms with E-state index in [0.717, 1.165) is 0 Å². The van der Waals surface area contributed by atoms with Crippen molar-refractivity contribution in [2.75, 3.05) is 13.2 Å². The number of aliphatic hydroxyl groups excluding tert-OH is 1. The van der Waals surface area contributed by atoms with Crippen molar-refractivity contribution in [2.24, 2.45) is 0 Å². The van der Waals surface area contributed by atoms with Crippen LogP contribution in [0.15, 0.2) is 24.5 Å². The number of alkyl halides is 3. The van der Waals surface area contributed by atoms with Gasteiger partial charge in [0, 0.05) is 29.9 Å². The van der Waals surface area contributed by atoms with E-state index in [2.05, 4.69) is 15.3 Å². The van der Waals surface area contributed by atoms with E-state index in [1.807, 2.05) is 0 Å². The van der Waals surface area contributed by atoms with E-state index in [4.69, 9.17) is 9.84 Å². The van der Waals surface area contributed by atoms with Gasteiger partial charge in [0.05, 0.1) is 37.2 Å². The smallest absolute Gasteiger partial charge is 0.422 e. The summed E-state index contributed by atoms with van der Waals surface area (Å²) in [7, 11) is 0. The molecule has 0 bridgehead atoms. The van der Waals surface area contributed by atoms with Gasteiger partial charge in [-0.05, 0) is 31.5 Å². The summed E-state index contributed by atoms with van der Waals surface area (Å²) in [6.07, 6.45) is -1.80. The predicted molar refractivity (Wildman–Crippen MR) is 107 cm³/mol. The molecule has 1 aliphatic rings. The number of rotatable bonds is 8. The van der Waals surface area contributed by atoms with Gasteiger partial charge in [-0.25, -0.2) is 0 Å². The fourth-order valence-corrected chi connectivity index (χ4v) is 3.34. The zero-order valence-corrected chi connectivity index (χ0v) is 17.6. The molecule has 3 heterocycles. The summed E-state index contributed by atoms with van der Waals surface area (Å²) >= 11 is 0. The van der Waals surface area contributed by atoms with Crippen molar-refractivity contribution in [1.29, 1.82) is 0 Å². The van der Waals surface area contributed by atoms with Crippen molar-refractivity contribution in [3.05, 3.63) is 52.6 Å². The number of carbonyl (C=O) groups is 2. The molecule has 1 atom stereocenters. The third kappa shape index (κ3) is 5.72. The van der Waals surface area contributed by atoms with Gasteiger partial charge in [-0.2, -0.15) is 13.2 Å². The topological polar surface area (TPSA) is 105 Å². The van der Waals surface area contributed by atoms with Crippen LogP contribution in [0.4, 0.5) is 13.2 Å². The van der Waals surface area contributed by atoms with Crippen molar-refractivity contribution < 1.29 is 32.6 Å². The monoisotopic (exact) mass is 452 g/mol. The number of nitrogens with one attached hydrogen (secondary N) is 1. The molecule has 32 heavy (non-hydrogen) atoms. The lowest BCUT2D eigenvalue weighted by atomic mass is 10.1. The standard InChI is InChI=1S/C21H23F3N4O4/c1-12-5-14(26-7-18(12)32-11-21(22,23)24)8-28-9-16-15(20(28)31)3-4-25-17(16)6-19(30)27-13(2)10-29/h3-5,7,13,29H,6,8-11H2,1-2H3,(H,27,30)/t13-/m0/s1. The Hall–Kier alpha value is -3.21. The molecule has 2 aromatic heterocycles. The van der Waals surface area contributed by atoms with Gasteiger partial charge >= 0.3 is 6.18 Å². The minimum atomic E-state index is -4.45. The van der Waals surface area contributed by atoms with Crippen LogP contribution in [0.5, 0.6) is 5.75 Å². The van der Waals surface area contributed by atoms with Gasteiger partial charge in [0.25, 0.3) is 5.91 Å². The fourth-order valence-electron chi connectivity index (χ4n) is 3.34. The molecule has 1 aliphatic heterocycles. The Morgan fingerprint density at radius 2 is 2.12 bits per heavy atom. The molecule has 0 saturated heterocycles. The van der Waals surface area contributed by atoms with Gasteiger partial charge in [0.1, 0.15) is 5.75 Å². The number of pyridine rings is 2. The van der Waals surface area contributed by atoms with Crippen LogP contribution in [0.2, 0.25) is 0 Å². The summed E-state index contributed by atoms with van der Waals surface area (Å²) < 4.78 is 41.8. The molecule has 3 rings (SSSR count). The molecular formula is C21H23F3N4O4. The molecule has 2 N–H and O–H groups in total. The number of ether oxygens (including phenoxy) is 1. The Balaban J connectivity index is 1.69. The number of hydrogen-bond donors (Lipinski definition) is 2. The van der Waals surface area contributed by atoms with Gasteiger partial charge < -0.3 is 20.1 Å². The quantitative estimate of drug-likeness (QED) is 0.634. The molecule has 8 nitrogen and oxygen atoms in total. The Bertz CT molecular complexity index is 1010. The number of hydrogen-bond acceptors (Lipinski definition) is 6. The molecule has 0 saturated carbocycles. The molecule has 0 radical (unpaired) electrons. The van der Waals surface area contributed by atoms with Gasteiger partial charge in [-0.15, -0.1) is 0 Å². The lowest BCUT2D eigenvalue weighted by molar-refractivity contribution is -0.153. The Labute approximate surface area is 182 Å². The van der Waals surface area contributed by atoms with E-state index in [0.29, 0.717) is 28.1 Å². The normalized spacial score (nSPS) is 14.3. The lowest BCUT2D eigenvalue weighted by Crippen LogP contribution is -2.36. The zero-order chi connectivity index (χ0) is 23.5. The largest absolute Gasteiger partial charge is 0.482 e. The molecule has 0 unspecified atom stereocenters. The van der Waals surface area contributed by atoms with Gasteiger partial charge in [0.15, 0.2) is 6.61 Å². The molecule has 2 aromatic rings. The second-order valence-corrected chi connectivity index (χ2v) is 7.62. The Morgan fingerprint density at radius 1 is 1.38 bits per heavy atom. The first kappa shape index (κ1) is 23.5. The minimum Gasteiger partial charge on any atom is -0.482 e. The maximum absolute atomic E-state index is 12.8. The van der Waals surface area contributed by atoms with Crippen molar-refractivity contribution in [3.8, 4) is 5.75 Å². The van der Waals surface area contributed by atoms with E-state index in [9.17, 15) is 22.8 Å². The van der Waals surface area contributed by atoms with Gasteiger partial charge in [0.2, 0.25) is 5.91 Å². The van der Waals surface area contributed by atoms with Gasteiger partial charge in [-0.1, -0.05) is 0 Å². The summed E-state index contributed by atoms with van der Waals surface area (Å²) in [5.74, 6) is -0.536. The first-order chi connectivity index (χ1) is 15.1. The highest BCUT2D eigenvalue weighted by atomic mass is 19.4. The van der Waals surface area contributed by atoms with Crippen molar-refractivity contribution in [3.63, 3.8) is 0 Å². The first-order valence-electron chi connectivity index (χ1n) is 9.88. The Morgan fingerprint density at radius 3 is 2.78 bits per heavy atom. The average Bonchev–Trinajstić information content (AvgIpc) is 3.03. The van der Waals surface area contributed by atoms with Crippen molar-refractivity contribution in [2.45, 2.75) is 45.6 Å². The third-order valence-electron chi connectivity index (χ3n) is 4.88. The number of fused-ring (bicyclic) bond motifs is 1. The average molecular weight is 452 g/mol. The SMILES string of the molecule is Cc1cc(CN2Cc3c(ccnc3CC(=O)N[C@@H](C)CO)C2=O)ncc1OCC(F)(F)F. The predicted octanol–water partition coefficient (Wildman–Crippen LogP) is 1.92.